The van der Waals surface area contributed by atoms with E-state index < -0.39 is 0 Å². The first-order valence-corrected chi connectivity index (χ1v) is 9.36. The third kappa shape index (κ3) is 5.97. The van der Waals surface area contributed by atoms with Crippen LogP contribution in [0, 0.1) is 0 Å². The molecule has 3 rings (SSSR count). The molecule has 0 fully saturated rings. The Hall–Kier alpha value is -3.12. The quantitative estimate of drug-likeness (QED) is 0.788. The summed E-state index contributed by atoms with van der Waals surface area (Å²) in [6.45, 7) is 4.48. The maximum Gasteiger partial charge on any atom is 0.291 e. The number of nitrogens with one attached hydrogen (secondary N) is 1. The summed E-state index contributed by atoms with van der Waals surface area (Å²) >= 11 is 1.53. The number of carbonyl (C=O) groups is 1. The Morgan fingerprint density at radius 1 is 1.22 bits per heavy atom. The van der Waals surface area contributed by atoms with Crippen molar-refractivity contribution in [1.82, 2.24) is 10.3 Å². The zero-order chi connectivity index (χ0) is 18.9. The molecule has 0 atom stereocenters. The van der Waals surface area contributed by atoms with Gasteiger partial charge in [-0.3, -0.25) is 14.8 Å². The summed E-state index contributed by atoms with van der Waals surface area (Å²) in [5.74, 6) is 0.703. The third-order valence-electron chi connectivity index (χ3n) is 3.54. The van der Waals surface area contributed by atoms with E-state index >= 15 is 0 Å². The molecule has 2 aromatic heterocycles. The molecule has 27 heavy (non-hydrogen) atoms. The Kier molecular flexibility index (Phi) is 6.60. The van der Waals surface area contributed by atoms with Gasteiger partial charge in [0.1, 0.15) is 0 Å². The number of nitrogens with zero attached hydrogens (tertiary/aromatic N) is 2. The van der Waals surface area contributed by atoms with Crippen LogP contribution in [0.5, 0.6) is 0 Å². The van der Waals surface area contributed by atoms with E-state index in [4.69, 9.17) is 4.42 Å². The monoisotopic (exact) mass is 377 g/mol. The molecule has 2 aromatic rings. The number of furan rings is 1. The second kappa shape index (κ2) is 9.54. The van der Waals surface area contributed by atoms with Gasteiger partial charge in [0.15, 0.2) is 10.9 Å². The molecule has 136 valence electrons. The normalized spacial score (nSPS) is 16.4. The maximum absolute atomic E-state index is 12.5. The average Bonchev–Trinajstić information content (AvgIpc) is 3.15. The molecule has 1 aliphatic heterocycles. The fourth-order valence-electron chi connectivity index (χ4n) is 2.25. The van der Waals surface area contributed by atoms with E-state index in [1.165, 1.54) is 11.8 Å². The largest absolute Gasteiger partial charge is 0.445 e. The number of allylic oxidation sites excluding steroid dienone is 5. The lowest BCUT2D eigenvalue weighted by Crippen LogP contribution is -2.21. The molecule has 5 nitrogen and oxygen atoms in total. The minimum absolute atomic E-state index is 0.262. The van der Waals surface area contributed by atoms with Crippen LogP contribution in [0.25, 0.3) is 0 Å². The molecule has 0 saturated heterocycles. The van der Waals surface area contributed by atoms with Crippen molar-refractivity contribution in [2.24, 2.45) is 4.99 Å². The predicted octanol–water partition coefficient (Wildman–Crippen LogP) is 4.33. The minimum atomic E-state index is -0.306. The number of rotatable bonds is 5. The molecule has 0 unspecified atom stereocenters. The van der Waals surface area contributed by atoms with Crippen LogP contribution >= 0.6 is 11.8 Å². The SMILES string of the molecule is C=C1C=C(NC(=O)c2ccc(SCc3ccncc3)o2)/C=C\CN=C/C=C\1. The number of thioether (sulfide) groups is 1. The number of pyridine rings is 1. The molecule has 0 radical (unpaired) electrons. The highest BCUT2D eigenvalue weighted by molar-refractivity contribution is 7.98. The van der Waals surface area contributed by atoms with Gasteiger partial charge in [0.25, 0.3) is 5.91 Å². The fourth-order valence-corrected chi connectivity index (χ4v) is 3.06. The van der Waals surface area contributed by atoms with E-state index in [2.05, 4.69) is 21.9 Å². The Bertz CT molecular complexity index is 924. The van der Waals surface area contributed by atoms with E-state index in [1.807, 2.05) is 36.4 Å². The van der Waals surface area contributed by atoms with E-state index in [1.54, 1.807) is 36.8 Å². The third-order valence-corrected chi connectivity index (χ3v) is 4.53. The van der Waals surface area contributed by atoms with Gasteiger partial charge < -0.3 is 9.73 Å². The Balaban J connectivity index is 1.63. The van der Waals surface area contributed by atoms with Gasteiger partial charge in [0.05, 0.1) is 6.54 Å². The lowest BCUT2D eigenvalue weighted by atomic mass is 10.2. The van der Waals surface area contributed by atoms with Gasteiger partial charge in [0, 0.05) is 30.1 Å². The van der Waals surface area contributed by atoms with Crippen molar-refractivity contribution in [2.45, 2.75) is 10.8 Å². The van der Waals surface area contributed by atoms with Crippen molar-refractivity contribution < 1.29 is 9.21 Å². The van der Waals surface area contributed by atoms with Crippen molar-refractivity contribution in [3.8, 4) is 0 Å². The predicted molar refractivity (Wildman–Crippen MR) is 109 cm³/mol. The van der Waals surface area contributed by atoms with Gasteiger partial charge in [0.2, 0.25) is 0 Å². The lowest BCUT2D eigenvalue weighted by molar-refractivity contribution is 0.0935. The molecule has 1 amide bonds. The van der Waals surface area contributed by atoms with E-state index in [9.17, 15) is 4.79 Å². The van der Waals surface area contributed by atoms with Crippen LogP contribution in [0.2, 0.25) is 0 Å². The highest BCUT2D eigenvalue weighted by Crippen LogP contribution is 2.24. The summed E-state index contributed by atoms with van der Waals surface area (Å²) in [6.07, 6.45) is 14.4. The van der Waals surface area contributed by atoms with Crippen molar-refractivity contribution in [1.29, 1.82) is 0 Å². The zero-order valence-electron chi connectivity index (χ0n) is 14.7. The summed E-state index contributed by atoms with van der Waals surface area (Å²) in [5, 5.41) is 3.54. The number of aliphatic imine (C=N–C) groups is 1. The Labute approximate surface area is 162 Å². The first-order chi connectivity index (χ1) is 13.2. The molecule has 0 spiro atoms. The van der Waals surface area contributed by atoms with Crippen molar-refractivity contribution in [2.75, 3.05) is 6.54 Å². The van der Waals surface area contributed by atoms with Crippen LogP contribution in [0.1, 0.15) is 16.1 Å². The Morgan fingerprint density at radius 2 is 2.07 bits per heavy atom. The summed E-state index contributed by atoms with van der Waals surface area (Å²) in [4.78, 5) is 20.7. The van der Waals surface area contributed by atoms with Gasteiger partial charge >= 0.3 is 0 Å². The maximum atomic E-state index is 12.5. The average molecular weight is 377 g/mol. The summed E-state index contributed by atoms with van der Waals surface area (Å²) in [5.41, 5.74) is 2.54. The Morgan fingerprint density at radius 3 is 2.93 bits per heavy atom. The van der Waals surface area contributed by atoms with Crippen LogP contribution in [-0.4, -0.2) is 23.7 Å². The van der Waals surface area contributed by atoms with E-state index in [-0.39, 0.29) is 11.7 Å². The van der Waals surface area contributed by atoms with Crippen molar-refractivity contribution >= 4 is 23.9 Å². The highest BCUT2D eigenvalue weighted by atomic mass is 32.2. The summed E-state index contributed by atoms with van der Waals surface area (Å²) in [7, 11) is 0. The van der Waals surface area contributed by atoms with Gasteiger partial charge in [-0.25, -0.2) is 0 Å². The first-order valence-electron chi connectivity index (χ1n) is 8.37. The molecule has 3 heterocycles. The molecular formula is C21H19N3O2S. The number of aromatic nitrogens is 1. The molecule has 0 bridgehead atoms. The molecule has 1 aliphatic rings. The first kappa shape index (κ1) is 18.7. The number of hydrogen-bond donors (Lipinski definition) is 1. The van der Waals surface area contributed by atoms with Gasteiger partial charge in [-0.15, -0.1) is 0 Å². The number of hydrogen-bond acceptors (Lipinski definition) is 5. The van der Waals surface area contributed by atoms with Crippen LogP contribution in [0.15, 0.2) is 99.4 Å². The molecule has 0 saturated carbocycles. The van der Waals surface area contributed by atoms with Gasteiger partial charge in [-0.1, -0.05) is 30.5 Å². The standard InChI is InChI=1S/C21H19N3O2S/c1-16-4-2-10-22-11-3-5-18(14-16)24-21(25)19-6-7-20(26-19)27-15-17-8-12-23-13-9-17/h2-10,12-14H,1,11,15H2,(H,24,25)/b4-2-,5-3-,18-14?,22-10?. The van der Waals surface area contributed by atoms with Crippen molar-refractivity contribution in [3.63, 3.8) is 0 Å². The lowest BCUT2D eigenvalue weighted by Gasteiger charge is -2.05. The van der Waals surface area contributed by atoms with Gasteiger partial charge in [-0.2, -0.15) is 0 Å². The molecule has 6 heteroatoms. The van der Waals surface area contributed by atoms with Crippen LogP contribution in [-0.2, 0) is 5.75 Å². The van der Waals surface area contributed by atoms with E-state index in [0.717, 1.165) is 16.9 Å². The summed E-state index contributed by atoms with van der Waals surface area (Å²) in [6, 6.07) is 7.38. The van der Waals surface area contributed by atoms with Crippen LogP contribution in [0.3, 0.4) is 0 Å². The molecule has 1 N–H and O–H groups in total. The topological polar surface area (TPSA) is 67.5 Å². The summed E-state index contributed by atoms with van der Waals surface area (Å²) < 4.78 is 5.66. The fraction of sp³-hybridized carbons (Fsp3) is 0.0952. The number of amides is 1. The second-order valence-corrected chi connectivity index (χ2v) is 6.65. The highest BCUT2D eigenvalue weighted by Gasteiger charge is 2.12. The second-order valence-electron chi connectivity index (χ2n) is 5.67. The molecular weight excluding hydrogens is 358 g/mol. The smallest absolute Gasteiger partial charge is 0.291 e. The molecule has 0 aliphatic carbocycles. The van der Waals surface area contributed by atoms with E-state index in [0.29, 0.717) is 17.3 Å². The minimum Gasteiger partial charge on any atom is -0.445 e. The molecule has 0 aromatic carbocycles. The van der Waals surface area contributed by atoms with Crippen LogP contribution < -0.4 is 5.32 Å². The zero-order valence-corrected chi connectivity index (χ0v) is 15.5. The van der Waals surface area contributed by atoms with Gasteiger partial charge in [-0.05, 0) is 53.6 Å². The number of carbonyl (C=O) groups excluding carboxylic acids is 1. The van der Waals surface area contributed by atoms with Crippen molar-refractivity contribution in [3.05, 3.63) is 96.2 Å². The van der Waals surface area contributed by atoms with Crippen LogP contribution in [0.4, 0.5) is 0 Å².